The number of ketones is 1. The van der Waals surface area contributed by atoms with Gasteiger partial charge in [-0.3, -0.25) is 14.4 Å². The largest absolute Gasteiger partial charge is 0.454 e. The van der Waals surface area contributed by atoms with Crippen molar-refractivity contribution < 1.29 is 23.8 Å². The number of likely N-dealkylation sites (tertiary alicyclic amines) is 1. The third-order valence-corrected chi connectivity index (χ3v) is 10.7. The Balaban J connectivity index is 1.24. The molecule has 44 heavy (non-hydrogen) atoms. The van der Waals surface area contributed by atoms with Gasteiger partial charge in [0.05, 0.1) is 29.9 Å². The molecule has 9 nitrogen and oxygen atoms in total. The summed E-state index contributed by atoms with van der Waals surface area (Å²) < 4.78 is 19.5. The molecule has 3 aromatic rings. The average Bonchev–Trinajstić information content (AvgIpc) is 3.59. The van der Waals surface area contributed by atoms with Crippen LogP contribution < -0.4 is 15.0 Å². The summed E-state index contributed by atoms with van der Waals surface area (Å²) in [7, 11) is 0. The molecule has 1 unspecified atom stereocenters. The molecule has 230 valence electrons. The second kappa shape index (κ2) is 10.7. The number of aromatic nitrogens is 2. The molecular formula is C35H39N3O6. The van der Waals surface area contributed by atoms with Crippen molar-refractivity contribution in [2.24, 2.45) is 0 Å². The Kier molecular flexibility index (Phi) is 6.77. The standard InChI is InChI=1S/C35H39N3O6/c1-2-35(44-31(40)12-15-37-13-4-3-5-14-37)25-17-27-33-24(19-38(27)34(41)22(25)10-7-11-30(35)39)32(21-8-6-9-21)23-16-28-29(43-20-42-28)18-26(23)36-33/h16-18,21H,2-15,19-20H2,1H3. The summed E-state index contributed by atoms with van der Waals surface area (Å²) >= 11 is 0. The molecule has 0 bridgehead atoms. The fourth-order valence-electron chi connectivity index (χ4n) is 8.08. The number of carbonyl (C=O) groups excluding carboxylic acids is 2. The highest BCUT2D eigenvalue weighted by Crippen LogP contribution is 2.49. The molecule has 1 saturated heterocycles. The highest BCUT2D eigenvalue weighted by atomic mass is 16.7. The molecule has 2 aliphatic carbocycles. The number of hydrogen-bond acceptors (Lipinski definition) is 8. The zero-order valence-electron chi connectivity index (χ0n) is 25.4. The van der Waals surface area contributed by atoms with Crippen LogP contribution in [-0.2, 0) is 32.9 Å². The molecule has 1 atom stereocenters. The van der Waals surface area contributed by atoms with Gasteiger partial charge in [-0.25, -0.2) is 4.98 Å². The lowest BCUT2D eigenvalue weighted by Gasteiger charge is -2.33. The van der Waals surface area contributed by atoms with Crippen molar-refractivity contribution in [3.63, 3.8) is 0 Å². The van der Waals surface area contributed by atoms with Gasteiger partial charge in [-0.15, -0.1) is 0 Å². The number of rotatable bonds is 6. The van der Waals surface area contributed by atoms with E-state index in [4.69, 9.17) is 19.2 Å². The third kappa shape index (κ3) is 4.30. The number of carbonyl (C=O) groups is 2. The first kappa shape index (κ1) is 27.8. The minimum absolute atomic E-state index is 0.106. The maximum Gasteiger partial charge on any atom is 0.308 e. The van der Waals surface area contributed by atoms with Gasteiger partial charge in [-0.05, 0) is 81.6 Å². The Morgan fingerprint density at radius 3 is 2.55 bits per heavy atom. The van der Waals surface area contributed by atoms with Crippen molar-refractivity contribution in [2.75, 3.05) is 26.4 Å². The van der Waals surface area contributed by atoms with E-state index in [1.807, 2.05) is 29.7 Å². The summed E-state index contributed by atoms with van der Waals surface area (Å²) in [5.74, 6) is 1.30. The average molecular weight is 598 g/mol. The van der Waals surface area contributed by atoms with Gasteiger partial charge in [0.25, 0.3) is 5.56 Å². The number of fused-ring (bicyclic) bond motifs is 6. The van der Waals surface area contributed by atoms with Crippen molar-refractivity contribution >= 4 is 22.7 Å². The second-order valence-electron chi connectivity index (χ2n) is 13.1. The van der Waals surface area contributed by atoms with Gasteiger partial charge in [-0.1, -0.05) is 19.8 Å². The predicted molar refractivity (Wildman–Crippen MR) is 164 cm³/mol. The monoisotopic (exact) mass is 597 g/mol. The number of Topliss-reactive ketones (excluding diaryl/α,β-unsaturated/α-hetero) is 1. The number of ether oxygens (including phenoxy) is 3. The molecule has 0 spiro atoms. The lowest BCUT2D eigenvalue weighted by molar-refractivity contribution is -0.170. The fraction of sp³-hybridized carbons (Fsp3) is 0.543. The minimum Gasteiger partial charge on any atom is -0.454 e. The van der Waals surface area contributed by atoms with Crippen molar-refractivity contribution in [3.05, 3.63) is 50.8 Å². The highest BCUT2D eigenvalue weighted by Gasteiger charge is 2.47. The maximum atomic E-state index is 14.3. The second-order valence-corrected chi connectivity index (χ2v) is 13.1. The summed E-state index contributed by atoms with van der Waals surface area (Å²) in [6.45, 7) is 5.12. The fourth-order valence-corrected chi connectivity index (χ4v) is 8.08. The van der Waals surface area contributed by atoms with E-state index < -0.39 is 5.60 Å². The van der Waals surface area contributed by atoms with E-state index in [1.165, 1.54) is 18.4 Å². The van der Waals surface area contributed by atoms with Crippen LogP contribution in [0.2, 0.25) is 0 Å². The van der Waals surface area contributed by atoms with E-state index >= 15 is 0 Å². The zero-order valence-corrected chi connectivity index (χ0v) is 25.4. The molecule has 8 rings (SSSR count). The first-order valence-electron chi connectivity index (χ1n) is 16.5. The van der Waals surface area contributed by atoms with Gasteiger partial charge >= 0.3 is 5.97 Å². The van der Waals surface area contributed by atoms with E-state index in [0.717, 1.165) is 66.7 Å². The molecule has 1 aromatic carbocycles. The molecule has 2 aromatic heterocycles. The van der Waals surface area contributed by atoms with E-state index in [1.54, 1.807) is 0 Å². The van der Waals surface area contributed by atoms with Crippen LogP contribution in [0.4, 0.5) is 0 Å². The number of esters is 1. The van der Waals surface area contributed by atoms with Crippen molar-refractivity contribution in [3.8, 4) is 22.9 Å². The SMILES string of the molecule is CCC1(OC(=O)CCN2CCCCC2)C(=O)CCCc2c1cc1n(c2=O)Cc2c-1nc1cc3c(cc1c2C1CCC1)OCO3. The van der Waals surface area contributed by atoms with E-state index in [9.17, 15) is 14.4 Å². The molecular weight excluding hydrogens is 558 g/mol. The summed E-state index contributed by atoms with van der Waals surface area (Å²) in [4.78, 5) is 49.0. The van der Waals surface area contributed by atoms with Gasteiger partial charge in [-0.2, -0.15) is 0 Å². The van der Waals surface area contributed by atoms with Crippen molar-refractivity contribution in [1.29, 1.82) is 0 Å². The maximum absolute atomic E-state index is 14.3. The lowest BCUT2D eigenvalue weighted by atomic mass is 9.76. The molecule has 3 aliphatic heterocycles. The van der Waals surface area contributed by atoms with Crippen LogP contribution in [0.3, 0.4) is 0 Å². The predicted octanol–water partition coefficient (Wildman–Crippen LogP) is 5.35. The molecule has 0 radical (unpaired) electrons. The summed E-state index contributed by atoms with van der Waals surface area (Å²) in [6.07, 6.45) is 8.72. The van der Waals surface area contributed by atoms with Crippen molar-refractivity contribution in [1.82, 2.24) is 14.5 Å². The molecule has 5 aliphatic rings. The van der Waals surface area contributed by atoms with Gasteiger partial charge < -0.3 is 23.7 Å². The van der Waals surface area contributed by atoms with Gasteiger partial charge in [0, 0.05) is 41.1 Å². The Morgan fingerprint density at radius 2 is 1.80 bits per heavy atom. The Bertz CT molecular complexity index is 1750. The molecule has 9 heteroatoms. The lowest BCUT2D eigenvalue weighted by Crippen LogP contribution is -2.42. The number of hydrogen-bond donors (Lipinski definition) is 0. The highest BCUT2D eigenvalue weighted by molar-refractivity contribution is 5.94. The van der Waals surface area contributed by atoms with Crippen molar-refractivity contribution in [2.45, 2.75) is 95.6 Å². The molecule has 0 amide bonds. The quantitative estimate of drug-likeness (QED) is 0.217. The van der Waals surface area contributed by atoms with Crippen LogP contribution in [-0.4, -0.2) is 52.6 Å². The smallest absolute Gasteiger partial charge is 0.308 e. The number of piperidine rings is 1. The summed E-state index contributed by atoms with van der Waals surface area (Å²) in [5, 5.41) is 1.06. The van der Waals surface area contributed by atoms with Crippen LogP contribution in [0, 0.1) is 0 Å². The molecule has 1 saturated carbocycles. The zero-order chi connectivity index (χ0) is 30.0. The minimum atomic E-state index is -1.47. The molecule has 5 heterocycles. The van der Waals surface area contributed by atoms with E-state index in [-0.39, 0.29) is 43.4 Å². The van der Waals surface area contributed by atoms with Crippen LogP contribution in [0.1, 0.15) is 99.3 Å². The number of pyridine rings is 2. The van der Waals surface area contributed by atoms with Crippen LogP contribution in [0.5, 0.6) is 11.5 Å². The summed E-state index contributed by atoms with van der Waals surface area (Å²) in [5.41, 5.74) is 4.17. The van der Waals surface area contributed by atoms with Gasteiger partial charge in [0.2, 0.25) is 6.79 Å². The first-order chi connectivity index (χ1) is 21.5. The van der Waals surface area contributed by atoms with E-state index in [2.05, 4.69) is 4.90 Å². The van der Waals surface area contributed by atoms with Crippen LogP contribution >= 0.6 is 0 Å². The third-order valence-electron chi connectivity index (χ3n) is 10.7. The van der Waals surface area contributed by atoms with Crippen LogP contribution in [0.25, 0.3) is 22.3 Å². The first-order valence-corrected chi connectivity index (χ1v) is 16.5. The number of benzene rings is 1. The normalized spacial score (nSPS) is 22.7. The Hall–Kier alpha value is -3.72. The molecule has 0 N–H and O–H groups in total. The topological polar surface area (TPSA) is 100.0 Å². The Morgan fingerprint density at radius 1 is 1.00 bits per heavy atom. The van der Waals surface area contributed by atoms with Gasteiger partial charge in [0.1, 0.15) is 0 Å². The van der Waals surface area contributed by atoms with E-state index in [0.29, 0.717) is 54.4 Å². The summed E-state index contributed by atoms with van der Waals surface area (Å²) in [6, 6.07) is 5.93. The van der Waals surface area contributed by atoms with Gasteiger partial charge in [0.15, 0.2) is 22.9 Å². The molecule has 2 fully saturated rings. The number of nitrogens with zero attached hydrogens (tertiary/aromatic N) is 3. The Labute approximate surface area is 256 Å². The van der Waals surface area contributed by atoms with Crippen LogP contribution in [0.15, 0.2) is 23.0 Å².